The molecule has 0 aliphatic heterocycles. The molecule has 3 fully saturated rings. The van der Waals surface area contributed by atoms with Gasteiger partial charge in [-0.3, -0.25) is 0 Å². The minimum atomic E-state index is -0.0888. The van der Waals surface area contributed by atoms with Crippen molar-refractivity contribution in [3.63, 3.8) is 0 Å². The summed E-state index contributed by atoms with van der Waals surface area (Å²) in [7, 11) is 0. The van der Waals surface area contributed by atoms with Gasteiger partial charge in [-0.05, 0) is 92.8 Å². The van der Waals surface area contributed by atoms with E-state index in [4.69, 9.17) is 0 Å². The van der Waals surface area contributed by atoms with Gasteiger partial charge >= 0.3 is 0 Å². The quantitative estimate of drug-likeness (QED) is 0.487. The lowest BCUT2D eigenvalue weighted by Crippen LogP contribution is -2.50. The van der Waals surface area contributed by atoms with E-state index in [-0.39, 0.29) is 6.10 Å². The predicted molar refractivity (Wildman–Crippen MR) is 104 cm³/mol. The summed E-state index contributed by atoms with van der Waals surface area (Å²) in [6.45, 7) is 9.49. The summed E-state index contributed by atoms with van der Waals surface area (Å²) in [5.74, 6) is 10.6. The zero-order valence-corrected chi connectivity index (χ0v) is 16.6. The van der Waals surface area contributed by atoms with Crippen LogP contribution in [0, 0.1) is 52.3 Å². The van der Waals surface area contributed by atoms with Crippen LogP contribution in [0.5, 0.6) is 0 Å². The van der Waals surface area contributed by atoms with Crippen molar-refractivity contribution in [2.45, 2.75) is 85.2 Å². The van der Waals surface area contributed by atoms with Crippen molar-refractivity contribution in [2.24, 2.45) is 40.4 Å². The first-order valence-corrected chi connectivity index (χ1v) is 10.7. The highest BCUT2D eigenvalue weighted by atomic mass is 16.3. The molecule has 0 aromatic rings. The molecule has 5 unspecified atom stereocenters. The first kappa shape index (κ1) is 17.7. The van der Waals surface area contributed by atoms with Crippen LogP contribution in [0.25, 0.3) is 0 Å². The summed E-state index contributed by atoms with van der Waals surface area (Å²) in [6.07, 6.45) is 12.5. The molecular formula is C24H36O. The average Bonchev–Trinajstić information content (AvgIpc) is 2.93. The predicted octanol–water partition coefficient (Wildman–Crippen LogP) is 5.59. The second-order valence-electron chi connectivity index (χ2n) is 10.1. The van der Waals surface area contributed by atoms with Crippen molar-refractivity contribution >= 4 is 0 Å². The first-order valence-electron chi connectivity index (χ1n) is 10.7. The number of hydrogen-bond acceptors (Lipinski definition) is 1. The SMILES string of the molecule is CC#CC(C)C1CCC2C3CC=C4C[C@@H](O)CC[C@]4(C)C3CC[C@]12C. The number of fused-ring (bicyclic) bond motifs is 5. The molecule has 0 saturated heterocycles. The molecule has 8 atom stereocenters. The summed E-state index contributed by atoms with van der Waals surface area (Å²) in [6, 6.07) is 0. The van der Waals surface area contributed by atoms with E-state index >= 15 is 0 Å². The molecule has 1 heteroatoms. The van der Waals surface area contributed by atoms with E-state index in [1.165, 1.54) is 38.5 Å². The maximum atomic E-state index is 10.1. The van der Waals surface area contributed by atoms with Gasteiger partial charge in [0.05, 0.1) is 6.10 Å². The molecule has 0 aromatic heterocycles. The molecule has 1 N–H and O–H groups in total. The van der Waals surface area contributed by atoms with Crippen LogP contribution in [-0.4, -0.2) is 11.2 Å². The van der Waals surface area contributed by atoms with E-state index in [2.05, 4.69) is 38.7 Å². The van der Waals surface area contributed by atoms with E-state index in [9.17, 15) is 5.11 Å². The normalized spacial score (nSPS) is 49.8. The summed E-state index contributed by atoms with van der Waals surface area (Å²) in [4.78, 5) is 0. The zero-order valence-electron chi connectivity index (χ0n) is 16.6. The molecule has 138 valence electrons. The molecule has 0 bridgehead atoms. The summed E-state index contributed by atoms with van der Waals surface area (Å²) >= 11 is 0. The van der Waals surface area contributed by atoms with Crippen LogP contribution < -0.4 is 0 Å². The monoisotopic (exact) mass is 340 g/mol. The van der Waals surface area contributed by atoms with E-state index < -0.39 is 0 Å². The highest BCUT2D eigenvalue weighted by molar-refractivity contribution is 5.25. The van der Waals surface area contributed by atoms with Gasteiger partial charge in [0, 0.05) is 5.92 Å². The average molecular weight is 341 g/mol. The van der Waals surface area contributed by atoms with Crippen LogP contribution in [-0.2, 0) is 0 Å². The maximum absolute atomic E-state index is 10.1. The summed E-state index contributed by atoms with van der Waals surface area (Å²) in [5, 5.41) is 10.1. The van der Waals surface area contributed by atoms with Gasteiger partial charge < -0.3 is 5.11 Å². The Labute approximate surface area is 154 Å². The maximum Gasteiger partial charge on any atom is 0.0577 e. The number of aliphatic hydroxyl groups is 1. The Balaban J connectivity index is 1.63. The van der Waals surface area contributed by atoms with Gasteiger partial charge in [-0.25, -0.2) is 0 Å². The largest absolute Gasteiger partial charge is 0.393 e. The number of aliphatic hydroxyl groups excluding tert-OH is 1. The van der Waals surface area contributed by atoms with Gasteiger partial charge in [0.2, 0.25) is 0 Å². The molecule has 0 aromatic carbocycles. The summed E-state index contributed by atoms with van der Waals surface area (Å²) in [5.41, 5.74) is 2.47. The fourth-order valence-corrected chi connectivity index (χ4v) is 7.83. The standard InChI is InChI=1S/C24H36O/c1-5-6-16(2)20-9-10-21-19-8-7-17-15-18(25)11-13-23(17,3)22(19)12-14-24(20,21)4/h7,16,18-22,25H,8-15H2,1-4H3/t16?,18-,19?,20?,21?,22?,23-,24+/m0/s1. The van der Waals surface area contributed by atoms with Gasteiger partial charge in [0.1, 0.15) is 0 Å². The van der Waals surface area contributed by atoms with Crippen molar-refractivity contribution in [2.75, 3.05) is 0 Å². The molecule has 4 aliphatic rings. The van der Waals surface area contributed by atoms with Crippen LogP contribution in [0.1, 0.15) is 79.1 Å². The van der Waals surface area contributed by atoms with Crippen LogP contribution in [0.4, 0.5) is 0 Å². The van der Waals surface area contributed by atoms with Gasteiger partial charge in [-0.15, -0.1) is 11.8 Å². The molecule has 4 rings (SSSR count). The molecule has 4 aliphatic carbocycles. The van der Waals surface area contributed by atoms with Gasteiger partial charge in [0.25, 0.3) is 0 Å². The Hall–Kier alpha value is -0.740. The molecule has 1 nitrogen and oxygen atoms in total. The van der Waals surface area contributed by atoms with Crippen molar-refractivity contribution in [3.8, 4) is 11.8 Å². The third-order valence-corrected chi connectivity index (χ3v) is 9.13. The van der Waals surface area contributed by atoms with E-state index in [1.807, 2.05) is 6.92 Å². The smallest absolute Gasteiger partial charge is 0.0577 e. The van der Waals surface area contributed by atoms with Crippen LogP contribution >= 0.6 is 0 Å². The highest BCUT2D eigenvalue weighted by Gasteiger charge is 2.59. The lowest BCUT2D eigenvalue weighted by Gasteiger charge is -2.58. The Kier molecular flexibility index (Phi) is 4.35. The number of hydrogen-bond donors (Lipinski definition) is 1. The Bertz CT molecular complexity index is 622. The molecule has 0 heterocycles. The minimum Gasteiger partial charge on any atom is -0.393 e. The van der Waals surface area contributed by atoms with E-state index in [1.54, 1.807) is 5.57 Å². The molecule has 3 saturated carbocycles. The Morgan fingerprint density at radius 3 is 2.68 bits per heavy atom. The van der Waals surface area contributed by atoms with Gasteiger partial charge in [0.15, 0.2) is 0 Å². The summed E-state index contributed by atoms with van der Waals surface area (Å²) < 4.78 is 0. The van der Waals surface area contributed by atoms with Crippen LogP contribution in [0.3, 0.4) is 0 Å². The minimum absolute atomic E-state index is 0.0888. The fourth-order valence-electron chi connectivity index (χ4n) is 7.83. The van der Waals surface area contributed by atoms with Crippen molar-refractivity contribution < 1.29 is 5.11 Å². The van der Waals surface area contributed by atoms with Crippen LogP contribution in [0.2, 0.25) is 0 Å². The molecule has 0 spiro atoms. The lowest BCUT2D eigenvalue weighted by atomic mass is 9.47. The second kappa shape index (κ2) is 6.16. The number of rotatable bonds is 1. The molecule has 0 amide bonds. The van der Waals surface area contributed by atoms with Crippen molar-refractivity contribution in [3.05, 3.63) is 11.6 Å². The molecule has 25 heavy (non-hydrogen) atoms. The second-order valence-corrected chi connectivity index (χ2v) is 10.1. The molecular weight excluding hydrogens is 304 g/mol. The van der Waals surface area contributed by atoms with Crippen molar-refractivity contribution in [1.29, 1.82) is 0 Å². The van der Waals surface area contributed by atoms with E-state index in [0.29, 0.717) is 16.7 Å². The first-order chi connectivity index (χ1) is 11.9. The topological polar surface area (TPSA) is 20.2 Å². The number of allylic oxidation sites excluding steroid dienone is 1. The molecule has 0 radical (unpaired) electrons. The zero-order chi connectivity index (χ0) is 17.8. The highest BCUT2D eigenvalue weighted by Crippen LogP contribution is 2.67. The van der Waals surface area contributed by atoms with Crippen molar-refractivity contribution in [1.82, 2.24) is 0 Å². The lowest BCUT2D eigenvalue weighted by molar-refractivity contribution is -0.0536. The fraction of sp³-hybridized carbons (Fsp3) is 0.833. The Morgan fingerprint density at radius 1 is 1.12 bits per heavy atom. The third kappa shape index (κ3) is 2.55. The van der Waals surface area contributed by atoms with Crippen LogP contribution in [0.15, 0.2) is 11.6 Å². The van der Waals surface area contributed by atoms with Gasteiger partial charge in [-0.2, -0.15) is 0 Å². The Morgan fingerprint density at radius 2 is 1.92 bits per heavy atom. The third-order valence-electron chi connectivity index (χ3n) is 9.13. The van der Waals surface area contributed by atoms with Gasteiger partial charge in [-0.1, -0.05) is 32.4 Å². The van der Waals surface area contributed by atoms with E-state index in [0.717, 1.165) is 36.5 Å².